The van der Waals surface area contributed by atoms with Gasteiger partial charge in [0.15, 0.2) is 0 Å². The third kappa shape index (κ3) is 4.92. The lowest BCUT2D eigenvalue weighted by Crippen LogP contribution is -2.14. The van der Waals surface area contributed by atoms with Crippen molar-refractivity contribution in [2.24, 2.45) is 0 Å². The van der Waals surface area contributed by atoms with Gasteiger partial charge in [0, 0.05) is 10.2 Å². The van der Waals surface area contributed by atoms with Crippen molar-refractivity contribution in [3.8, 4) is 0 Å². The van der Waals surface area contributed by atoms with Crippen LogP contribution in [0.5, 0.6) is 0 Å². The van der Waals surface area contributed by atoms with Crippen LogP contribution < -0.4 is 5.32 Å². The smallest absolute Gasteiger partial charge is 0.234 e. The Morgan fingerprint density at radius 2 is 1.90 bits per heavy atom. The van der Waals surface area contributed by atoms with Crippen LogP contribution in [0, 0.1) is 0 Å². The number of benzene rings is 2. The normalized spacial score (nSPS) is 10.4. The number of halogens is 3. The van der Waals surface area contributed by atoms with Gasteiger partial charge in [-0.2, -0.15) is 0 Å². The van der Waals surface area contributed by atoms with E-state index in [1.807, 2.05) is 24.3 Å². The molecule has 0 radical (unpaired) electrons. The van der Waals surface area contributed by atoms with E-state index in [0.29, 0.717) is 21.5 Å². The van der Waals surface area contributed by atoms with Crippen molar-refractivity contribution in [3.63, 3.8) is 0 Å². The summed E-state index contributed by atoms with van der Waals surface area (Å²) in [7, 11) is 0. The molecule has 1 N–H and O–H groups in total. The summed E-state index contributed by atoms with van der Waals surface area (Å²) in [6.45, 7) is 0. The van der Waals surface area contributed by atoms with Crippen LogP contribution in [0.3, 0.4) is 0 Å². The minimum absolute atomic E-state index is 0.101. The number of anilines is 1. The van der Waals surface area contributed by atoms with Gasteiger partial charge in [0.25, 0.3) is 0 Å². The molecule has 2 rings (SSSR count). The van der Waals surface area contributed by atoms with E-state index in [4.69, 9.17) is 23.2 Å². The van der Waals surface area contributed by atoms with Crippen LogP contribution in [0.2, 0.25) is 10.0 Å². The Kier molecular flexibility index (Phi) is 6.42. The molecule has 21 heavy (non-hydrogen) atoms. The fraction of sp³-hybridized carbons (Fsp3) is 0.133. The van der Waals surface area contributed by atoms with E-state index in [0.717, 1.165) is 15.8 Å². The summed E-state index contributed by atoms with van der Waals surface area (Å²) >= 11 is 17.0. The van der Waals surface area contributed by atoms with Gasteiger partial charge in [0.05, 0.1) is 21.5 Å². The molecule has 0 bridgehead atoms. The Bertz CT molecular complexity index is 651. The van der Waals surface area contributed by atoms with Gasteiger partial charge in [-0.25, -0.2) is 0 Å². The molecule has 0 saturated carbocycles. The first-order valence-electron chi connectivity index (χ1n) is 6.13. The van der Waals surface area contributed by atoms with Crippen LogP contribution in [0.25, 0.3) is 0 Å². The lowest BCUT2D eigenvalue weighted by molar-refractivity contribution is -0.113. The largest absolute Gasteiger partial charge is 0.324 e. The Labute approximate surface area is 146 Å². The highest BCUT2D eigenvalue weighted by atomic mass is 79.9. The van der Waals surface area contributed by atoms with Gasteiger partial charge >= 0.3 is 0 Å². The molecule has 0 heterocycles. The number of nitrogens with one attached hydrogen (secondary N) is 1. The summed E-state index contributed by atoms with van der Waals surface area (Å²) in [4.78, 5) is 11.9. The molecule has 0 fully saturated rings. The number of rotatable bonds is 5. The van der Waals surface area contributed by atoms with Gasteiger partial charge in [-0.3, -0.25) is 4.79 Å². The third-order valence-corrected chi connectivity index (χ3v) is 5.25. The highest BCUT2D eigenvalue weighted by Gasteiger charge is 2.08. The fourth-order valence-corrected chi connectivity index (χ4v) is 3.45. The van der Waals surface area contributed by atoms with Crippen LogP contribution in [0.15, 0.2) is 46.9 Å². The summed E-state index contributed by atoms with van der Waals surface area (Å²) in [6, 6.07) is 13.1. The molecular formula is C15H12BrCl2NOS. The van der Waals surface area contributed by atoms with E-state index in [-0.39, 0.29) is 5.91 Å². The van der Waals surface area contributed by atoms with Crippen LogP contribution in [-0.4, -0.2) is 11.7 Å². The Balaban J connectivity index is 1.85. The number of carbonyl (C=O) groups is 1. The second-order valence-corrected chi connectivity index (χ2v) is 6.86. The summed E-state index contributed by atoms with van der Waals surface area (Å²) in [5.41, 5.74) is 1.70. The fourth-order valence-electron chi connectivity index (χ4n) is 1.66. The maximum Gasteiger partial charge on any atom is 0.234 e. The molecule has 2 aromatic rings. The lowest BCUT2D eigenvalue weighted by atomic mass is 10.2. The Morgan fingerprint density at radius 3 is 2.67 bits per heavy atom. The van der Waals surface area contributed by atoms with Gasteiger partial charge in [-0.1, -0.05) is 63.4 Å². The van der Waals surface area contributed by atoms with Crippen molar-refractivity contribution < 1.29 is 4.79 Å². The molecule has 0 saturated heterocycles. The van der Waals surface area contributed by atoms with Crippen molar-refractivity contribution in [2.45, 2.75) is 5.75 Å². The molecule has 0 aliphatic heterocycles. The average Bonchev–Trinajstić information content (AvgIpc) is 2.46. The second-order valence-electron chi connectivity index (χ2n) is 4.23. The number of amides is 1. The molecule has 6 heteroatoms. The van der Waals surface area contributed by atoms with Crippen LogP contribution in [0.4, 0.5) is 5.69 Å². The highest BCUT2D eigenvalue weighted by molar-refractivity contribution is 9.10. The number of carbonyl (C=O) groups excluding carboxylic acids is 1. The highest BCUT2D eigenvalue weighted by Crippen LogP contribution is 2.29. The first kappa shape index (κ1) is 16.7. The number of hydrogen-bond donors (Lipinski definition) is 1. The van der Waals surface area contributed by atoms with Gasteiger partial charge < -0.3 is 5.32 Å². The van der Waals surface area contributed by atoms with Crippen LogP contribution >= 0.6 is 50.9 Å². The number of thioether (sulfide) groups is 1. The quantitative estimate of drug-likeness (QED) is 0.699. The van der Waals surface area contributed by atoms with Gasteiger partial charge in [0.1, 0.15) is 0 Å². The first-order valence-corrected chi connectivity index (χ1v) is 8.83. The molecule has 0 aromatic heterocycles. The van der Waals surface area contributed by atoms with Gasteiger partial charge in [-0.05, 0) is 23.8 Å². The maximum atomic E-state index is 11.9. The van der Waals surface area contributed by atoms with E-state index < -0.39 is 0 Å². The molecule has 0 unspecified atom stereocenters. The summed E-state index contributed by atoms with van der Waals surface area (Å²) in [5.74, 6) is 1.01. The van der Waals surface area contributed by atoms with E-state index in [1.165, 1.54) is 11.8 Å². The minimum atomic E-state index is -0.101. The van der Waals surface area contributed by atoms with E-state index >= 15 is 0 Å². The molecule has 110 valence electrons. The van der Waals surface area contributed by atoms with E-state index in [1.54, 1.807) is 18.2 Å². The zero-order valence-electron chi connectivity index (χ0n) is 10.9. The zero-order chi connectivity index (χ0) is 15.2. The summed E-state index contributed by atoms with van der Waals surface area (Å²) in [6.07, 6.45) is 0. The van der Waals surface area contributed by atoms with Crippen molar-refractivity contribution in [1.82, 2.24) is 0 Å². The van der Waals surface area contributed by atoms with Crippen LogP contribution in [-0.2, 0) is 10.5 Å². The summed E-state index contributed by atoms with van der Waals surface area (Å²) in [5, 5.41) is 3.55. The standard InChI is InChI=1S/C15H12BrCl2NOS/c16-11-5-2-1-4-10(11)8-21-9-14(20)19-13-7-3-6-12(17)15(13)18/h1-7H,8-9H2,(H,19,20). The van der Waals surface area contributed by atoms with E-state index in [9.17, 15) is 4.79 Å². The third-order valence-electron chi connectivity index (χ3n) is 2.67. The molecule has 0 spiro atoms. The molecular weight excluding hydrogens is 393 g/mol. The van der Waals surface area contributed by atoms with Gasteiger partial charge in [0.2, 0.25) is 5.91 Å². The van der Waals surface area contributed by atoms with Crippen molar-refractivity contribution in [3.05, 3.63) is 62.5 Å². The predicted molar refractivity (Wildman–Crippen MR) is 95.4 cm³/mol. The molecule has 2 aromatic carbocycles. The summed E-state index contributed by atoms with van der Waals surface area (Å²) < 4.78 is 1.05. The Hall–Kier alpha value is -0.680. The number of hydrogen-bond acceptors (Lipinski definition) is 2. The average molecular weight is 405 g/mol. The first-order chi connectivity index (χ1) is 10.1. The predicted octanol–water partition coefficient (Wildman–Crippen LogP) is 5.63. The molecule has 0 aliphatic rings. The lowest BCUT2D eigenvalue weighted by Gasteiger charge is -2.08. The maximum absolute atomic E-state index is 11.9. The van der Waals surface area contributed by atoms with Crippen molar-refractivity contribution in [2.75, 3.05) is 11.1 Å². The molecule has 0 atom stereocenters. The van der Waals surface area contributed by atoms with Crippen molar-refractivity contribution >= 4 is 62.5 Å². The molecule has 1 amide bonds. The van der Waals surface area contributed by atoms with Crippen LogP contribution in [0.1, 0.15) is 5.56 Å². The Morgan fingerprint density at radius 1 is 1.14 bits per heavy atom. The topological polar surface area (TPSA) is 29.1 Å². The zero-order valence-corrected chi connectivity index (χ0v) is 14.8. The van der Waals surface area contributed by atoms with Crippen molar-refractivity contribution in [1.29, 1.82) is 0 Å². The SMILES string of the molecule is O=C(CSCc1ccccc1Br)Nc1cccc(Cl)c1Cl. The molecule has 0 aliphatic carbocycles. The second kappa shape index (κ2) is 8.08. The minimum Gasteiger partial charge on any atom is -0.324 e. The van der Waals surface area contributed by atoms with E-state index in [2.05, 4.69) is 21.2 Å². The van der Waals surface area contributed by atoms with Gasteiger partial charge in [-0.15, -0.1) is 11.8 Å². The molecule has 2 nitrogen and oxygen atoms in total. The monoisotopic (exact) mass is 403 g/mol.